The normalized spacial score (nSPS) is 47.8. The first-order chi connectivity index (χ1) is 7.90. The van der Waals surface area contributed by atoms with Gasteiger partial charge in [-0.25, -0.2) is 0 Å². The van der Waals surface area contributed by atoms with E-state index in [1.54, 1.807) is 0 Å². The summed E-state index contributed by atoms with van der Waals surface area (Å²) in [5.41, 5.74) is 1.00. The maximum atomic E-state index is 12.1. The molecule has 2 atom stereocenters. The molecule has 0 radical (unpaired) electrons. The van der Waals surface area contributed by atoms with Gasteiger partial charge in [0.05, 0.1) is 0 Å². The van der Waals surface area contributed by atoms with Crippen LogP contribution in [0.25, 0.3) is 0 Å². The van der Waals surface area contributed by atoms with E-state index in [2.05, 4.69) is 20.8 Å². The molecule has 4 rings (SSSR count). The van der Waals surface area contributed by atoms with E-state index in [1.807, 2.05) is 0 Å². The molecule has 4 fully saturated rings. The van der Waals surface area contributed by atoms with Gasteiger partial charge < -0.3 is 0 Å². The Morgan fingerprint density at radius 1 is 1.18 bits per heavy atom. The zero-order valence-electron chi connectivity index (χ0n) is 11.6. The van der Waals surface area contributed by atoms with Crippen LogP contribution >= 0.6 is 0 Å². The molecule has 0 aromatic heterocycles. The summed E-state index contributed by atoms with van der Waals surface area (Å²) in [4.78, 5) is 12.1. The van der Waals surface area contributed by atoms with E-state index in [4.69, 9.17) is 0 Å². The summed E-state index contributed by atoms with van der Waals surface area (Å²) in [6, 6.07) is 0. The Morgan fingerprint density at radius 3 is 2.24 bits per heavy atom. The van der Waals surface area contributed by atoms with E-state index in [0.717, 1.165) is 18.3 Å². The molecule has 0 aromatic rings. The summed E-state index contributed by atoms with van der Waals surface area (Å²) in [6.45, 7) is 6.61. The predicted octanol–water partition coefficient (Wildman–Crippen LogP) is 4.21. The molecule has 4 aliphatic carbocycles. The fraction of sp³-hybridized carbons (Fsp3) is 0.938. The summed E-state index contributed by atoms with van der Waals surface area (Å²) in [5, 5.41) is 0. The maximum Gasteiger partial charge on any atom is 0.135 e. The van der Waals surface area contributed by atoms with Crippen LogP contribution in [-0.4, -0.2) is 5.78 Å². The minimum absolute atomic E-state index is 0.232. The number of ketones is 1. The van der Waals surface area contributed by atoms with Gasteiger partial charge in [-0.1, -0.05) is 20.8 Å². The summed E-state index contributed by atoms with van der Waals surface area (Å²) < 4.78 is 0. The lowest BCUT2D eigenvalue weighted by Gasteiger charge is -2.61. The highest BCUT2D eigenvalue weighted by molar-refractivity contribution is 5.81. The molecular weight excluding hydrogens is 208 g/mol. The molecule has 0 N–H and O–H groups in total. The molecule has 4 aliphatic rings. The van der Waals surface area contributed by atoms with Crippen molar-refractivity contribution in [2.75, 3.05) is 0 Å². The molecule has 2 unspecified atom stereocenters. The largest absolute Gasteiger partial charge is 0.299 e. The van der Waals surface area contributed by atoms with Crippen molar-refractivity contribution in [2.45, 2.75) is 65.7 Å². The van der Waals surface area contributed by atoms with Crippen molar-refractivity contribution in [1.29, 1.82) is 0 Å². The Labute approximate surface area is 105 Å². The lowest BCUT2D eigenvalue weighted by molar-refractivity contribution is -0.137. The van der Waals surface area contributed by atoms with E-state index in [1.165, 1.54) is 38.5 Å². The highest BCUT2D eigenvalue weighted by Gasteiger charge is 2.55. The number of hydrogen-bond donors (Lipinski definition) is 0. The van der Waals surface area contributed by atoms with Crippen LogP contribution in [0.2, 0.25) is 0 Å². The highest BCUT2D eigenvalue weighted by atomic mass is 16.1. The van der Waals surface area contributed by atoms with Gasteiger partial charge in [0, 0.05) is 12.3 Å². The number of rotatable bonds is 3. The first kappa shape index (κ1) is 11.7. The molecule has 4 bridgehead atoms. The van der Waals surface area contributed by atoms with Crippen molar-refractivity contribution in [2.24, 2.45) is 28.6 Å². The lowest BCUT2D eigenvalue weighted by Crippen LogP contribution is -2.51. The second-order valence-electron chi connectivity index (χ2n) is 8.07. The van der Waals surface area contributed by atoms with Gasteiger partial charge >= 0.3 is 0 Å². The van der Waals surface area contributed by atoms with E-state index >= 15 is 0 Å². The van der Waals surface area contributed by atoms with Crippen LogP contribution in [0.15, 0.2) is 0 Å². The molecule has 4 saturated carbocycles. The van der Waals surface area contributed by atoms with Crippen molar-refractivity contribution < 1.29 is 4.79 Å². The first-order valence-corrected chi connectivity index (χ1v) is 7.43. The third-order valence-electron chi connectivity index (χ3n) is 5.67. The third kappa shape index (κ3) is 1.96. The third-order valence-corrected chi connectivity index (χ3v) is 5.67. The minimum atomic E-state index is 0.232. The maximum absolute atomic E-state index is 12.1. The van der Waals surface area contributed by atoms with Gasteiger partial charge in [0.2, 0.25) is 0 Å². The SMILES string of the molecule is CC(C)C(=O)CC12CC3CC(CC(C)(C3)C1)C2. The lowest BCUT2D eigenvalue weighted by atomic mass is 9.44. The van der Waals surface area contributed by atoms with E-state index in [-0.39, 0.29) is 5.92 Å². The molecule has 96 valence electrons. The van der Waals surface area contributed by atoms with Gasteiger partial charge in [0.1, 0.15) is 5.78 Å². The Kier molecular flexibility index (Phi) is 2.48. The zero-order valence-corrected chi connectivity index (χ0v) is 11.6. The van der Waals surface area contributed by atoms with Crippen molar-refractivity contribution >= 4 is 5.78 Å². The fourth-order valence-corrected chi connectivity index (χ4v) is 5.71. The summed E-state index contributed by atoms with van der Waals surface area (Å²) in [5.74, 6) is 2.63. The number of hydrogen-bond acceptors (Lipinski definition) is 1. The average Bonchev–Trinajstić information content (AvgIpc) is 2.11. The van der Waals surface area contributed by atoms with E-state index in [0.29, 0.717) is 16.6 Å². The number of Topliss-reactive ketones (excluding diaryl/α,β-unsaturated/α-hetero) is 1. The molecule has 0 amide bonds. The highest BCUT2D eigenvalue weighted by Crippen LogP contribution is 2.66. The molecule has 0 heterocycles. The summed E-state index contributed by atoms with van der Waals surface area (Å²) in [6.07, 6.45) is 9.29. The van der Waals surface area contributed by atoms with Gasteiger partial charge in [-0.3, -0.25) is 4.79 Å². The van der Waals surface area contributed by atoms with Crippen molar-refractivity contribution in [3.05, 3.63) is 0 Å². The van der Waals surface area contributed by atoms with Crippen LogP contribution in [0.3, 0.4) is 0 Å². The van der Waals surface area contributed by atoms with Crippen molar-refractivity contribution in [1.82, 2.24) is 0 Å². The Morgan fingerprint density at radius 2 is 1.76 bits per heavy atom. The molecule has 0 aromatic carbocycles. The van der Waals surface area contributed by atoms with Crippen LogP contribution in [0, 0.1) is 28.6 Å². The standard InChI is InChI=1S/C16H26O/c1-11(2)14(17)9-16-7-12-4-13(8-16)6-15(3,5-12)10-16/h11-13H,4-10H2,1-3H3. The van der Waals surface area contributed by atoms with Gasteiger partial charge in [-0.2, -0.15) is 0 Å². The van der Waals surface area contributed by atoms with Gasteiger partial charge in [0.15, 0.2) is 0 Å². The minimum Gasteiger partial charge on any atom is -0.299 e. The van der Waals surface area contributed by atoms with Crippen LogP contribution in [0.4, 0.5) is 0 Å². The predicted molar refractivity (Wildman–Crippen MR) is 69.7 cm³/mol. The van der Waals surface area contributed by atoms with Gasteiger partial charge in [0.25, 0.3) is 0 Å². The van der Waals surface area contributed by atoms with Crippen molar-refractivity contribution in [3.63, 3.8) is 0 Å². The second-order valence-corrected chi connectivity index (χ2v) is 8.07. The van der Waals surface area contributed by atoms with E-state index in [9.17, 15) is 4.79 Å². The zero-order chi connectivity index (χ0) is 12.3. The molecule has 0 spiro atoms. The molecule has 0 aliphatic heterocycles. The summed E-state index contributed by atoms with van der Waals surface area (Å²) in [7, 11) is 0. The Bertz CT molecular complexity index is 327. The monoisotopic (exact) mass is 234 g/mol. The molecular formula is C16H26O. The number of carbonyl (C=O) groups excluding carboxylic acids is 1. The first-order valence-electron chi connectivity index (χ1n) is 7.43. The van der Waals surface area contributed by atoms with Crippen LogP contribution in [-0.2, 0) is 4.79 Å². The van der Waals surface area contributed by atoms with Crippen molar-refractivity contribution in [3.8, 4) is 0 Å². The fourth-order valence-electron chi connectivity index (χ4n) is 5.71. The average molecular weight is 234 g/mol. The van der Waals surface area contributed by atoms with E-state index < -0.39 is 0 Å². The van der Waals surface area contributed by atoms with Crippen LogP contribution < -0.4 is 0 Å². The topological polar surface area (TPSA) is 17.1 Å². The van der Waals surface area contributed by atoms with Gasteiger partial charge in [-0.05, 0) is 61.2 Å². The van der Waals surface area contributed by atoms with Gasteiger partial charge in [-0.15, -0.1) is 0 Å². The van der Waals surface area contributed by atoms with Crippen LogP contribution in [0.5, 0.6) is 0 Å². The molecule has 0 saturated heterocycles. The molecule has 17 heavy (non-hydrogen) atoms. The van der Waals surface area contributed by atoms with Crippen LogP contribution in [0.1, 0.15) is 65.7 Å². The smallest absolute Gasteiger partial charge is 0.135 e. The Hall–Kier alpha value is -0.330. The number of carbonyl (C=O) groups is 1. The summed E-state index contributed by atoms with van der Waals surface area (Å²) >= 11 is 0. The molecule has 1 heteroatoms. The Balaban J connectivity index is 1.81. The second kappa shape index (κ2) is 3.59. The quantitative estimate of drug-likeness (QED) is 0.715. The molecule has 1 nitrogen and oxygen atoms in total.